The lowest BCUT2D eigenvalue weighted by atomic mass is 10.1. The van der Waals surface area contributed by atoms with Crippen LogP contribution in [-0.2, 0) is 17.8 Å². The first-order valence-corrected chi connectivity index (χ1v) is 11.8. The molecule has 0 spiro atoms. The number of aliphatic imine (C=N–C) groups is 1. The predicted molar refractivity (Wildman–Crippen MR) is 143 cm³/mol. The Hall–Kier alpha value is -1.78. The van der Waals surface area contributed by atoms with Crippen LogP contribution in [0.2, 0.25) is 0 Å². The first-order valence-electron chi connectivity index (χ1n) is 10.6. The molecule has 1 aliphatic rings. The minimum atomic E-state index is -0.0625. The summed E-state index contributed by atoms with van der Waals surface area (Å²) in [6.45, 7) is 2.71. The van der Waals surface area contributed by atoms with Crippen molar-refractivity contribution in [2.24, 2.45) is 4.99 Å². The van der Waals surface area contributed by atoms with E-state index in [1.807, 2.05) is 31.3 Å². The van der Waals surface area contributed by atoms with E-state index in [-0.39, 0.29) is 36.0 Å². The maximum absolute atomic E-state index is 12.5. The van der Waals surface area contributed by atoms with E-state index in [9.17, 15) is 4.79 Å². The van der Waals surface area contributed by atoms with E-state index < -0.39 is 0 Å². The Labute approximate surface area is 212 Å². The van der Waals surface area contributed by atoms with Crippen LogP contribution in [0.3, 0.4) is 0 Å². The molecule has 32 heavy (non-hydrogen) atoms. The van der Waals surface area contributed by atoms with Gasteiger partial charge in [-0.2, -0.15) is 0 Å². The van der Waals surface area contributed by atoms with Crippen LogP contribution in [-0.4, -0.2) is 56.4 Å². The molecule has 2 aromatic rings. The SMILES string of the molecule is CN=C(NCc1cccc(C(=O)NCC2CCCO2)c1)N(C)Cc1ccc(SC)cc1.I. The molecule has 0 radical (unpaired) electrons. The number of nitrogens with zero attached hydrogens (tertiary/aromatic N) is 2. The van der Waals surface area contributed by atoms with Gasteiger partial charge in [0, 0.05) is 50.8 Å². The summed E-state index contributed by atoms with van der Waals surface area (Å²) < 4.78 is 5.57. The average Bonchev–Trinajstić information content (AvgIpc) is 3.32. The van der Waals surface area contributed by atoms with Crippen LogP contribution in [0.5, 0.6) is 0 Å². The Morgan fingerprint density at radius 2 is 1.97 bits per heavy atom. The molecule has 0 bridgehead atoms. The van der Waals surface area contributed by atoms with Crippen molar-refractivity contribution in [1.82, 2.24) is 15.5 Å². The van der Waals surface area contributed by atoms with Gasteiger partial charge in [-0.25, -0.2) is 0 Å². The second kappa shape index (κ2) is 13.7. The third-order valence-electron chi connectivity index (χ3n) is 5.31. The molecule has 1 aliphatic heterocycles. The number of hydrogen-bond donors (Lipinski definition) is 2. The molecule has 0 aliphatic carbocycles. The lowest BCUT2D eigenvalue weighted by Crippen LogP contribution is -2.38. The smallest absolute Gasteiger partial charge is 0.251 e. The lowest BCUT2D eigenvalue weighted by Gasteiger charge is -2.22. The number of nitrogens with one attached hydrogen (secondary N) is 2. The Bertz CT molecular complexity index is 886. The normalized spacial score (nSPS) is 15.7. The number of halogens is 1. The van der Waals surface area contributed by atoms with Crippen molar-refractivity contribution in [2.45, 2.75) is 36.9 Å². The molecule has 174 valence electrons. The van der Waals surface area contributed by atoms with Gasteiger partial charge in [-0.1, -0.05) is 24.3 Å². The standard InChI is InChI=1S/C24H32N4O2S.HI/c1-25-24(28(2)17-18-9-11-22(31-3)12-10-18)27-15-19-6-4-7-20(14-19)23(29)26-16-21-8-5-13-30-21;/h4,6-7,9-12,14,21H,5,8,13,15-17H2,1-3H3,(H,25,27)(H,26,29);1H. The first-order chi connectivity index (χ1) is 15.1. The van der Waals surface area contributed by atoms with Crippen LogP contribution in [0.15, 0.2) is 58.4 Å². The summed E-state index contributed by atoms with van der Waals surface area (Å²) in [5, 5.41) is 6.37. The minimum Gasteiger partial charge on any atom is -0.376 e. The fraction of sp³-hybridized carbons (Fsp3) is 0.417. The van der Waals surface area contributed by atoms with Crippen molar-refractivity contribution < 1.29 is 9.53 Å². The van der Waals surface area contributed by atoms with E-state index in [1.54, 1.807) is 18.8 Å². The van der Waals surface area contributed by atoms with Crippen molar-refractivity contribution in [3.63, 3.8) is 0 Å². The highest BCUT2D eigenvalue weighted by Gasteiger charge is 2.17. The topological polar surface area (TPSA) is 66.0 Å². The van der Waals surface area contributed by atoms with Crippen LogP contribution in [0.25, 0.3) is 0 Å². The van der Waals surface area contributed by atoms with E-state index >= 15 is 0 Å². The third kappa shape index (κ3) is 7.97. The fourth-order valence-electron chi connectivity index (χ4n) is 3.58. The van der Waals surface area contributed by atoms with E-state index in [4.69, 9.17) is 4.74 Å². The van der Waals surface area contributed by atoms with Crippen molar-refractivity contribution in [1.29, 1.82) is 0 Å². The second-order valence-corrected chi connectivity index (χ2v) is 8.53. The summed E-state index contributed by atoms with van der Waals surface area (Å²) in [6.07, 6.45) is 4.30. The number of amides is 1. The monoisotopic (exact) mass is 568 g/mol. The molecule has 6 nitrogen and oxygen atoms in total. The molecular weight excluding hydrogens is 535 g/mol. The largest absolute Gasteiger partial charge is 0.376 e. The Morgan fingerprint density at radius 1 is 1.19 bits per heavy atom. The summed E-state index contributed by atoms with van der Waals surface area (Å²) in [7, 11) is 3.80. The molecule has 1 atom stereocenters. The molecule has 1 unspecified atom stereocenters. The molecular formula is C24H33IN4O2S. The van der Waals surface area contributed by atoms with Gasteiger partial charge in [-0.05, 0) is 54.5 Å². The third-order valence-corrected chi connectivity index (χ3v) is 6.05. The number of carbonyl (C=O) groups is 1. The zero-order valence-corrected chi connectivity index (χ0v) is 22.1. The van der Waals surface area contributed by atoms with Crippen molar-refractivity contribution in [2.75, 3.05) is 33.5 Å². The van der Waals surface area contributed by atoms with Crippen LogP contribution >= 0.6 is 35.7 Å². The van der Waals surface area contributed by atoms with Gasteiger partial charge >= 0.3 is 0 Å². The molecule has 1 amide bonds. The molecule has 0 saturated carbocycles. The zero-order chi connectivity index (χ0) is 22.1. The van der Waals surface area contributed by atoms with Gasteiger partial charge in [0.25, 0.3) is 5.91 Å². The highest BCUT2D eigenvalue weighted by Crippen LogP contribution is 2.16. The Balaban J connectivity index is 0.00000363. The Morgan fingerprint density at radius 3 is 2.62 bits per heavy atom. The van der Waals surface area contributed by atoms with Crippen molar-refractivity contribution >= 4 is 47.6 Å². The molecule has 2 aromatic carbocycles. The maximum Gasteiger partial charge on any atom is 0.251 e. The molecule has 1 heterocycles. The van der Waals surface area contributed by atoms with Gasteiger partial charge in [-0.3, -0.25) is 9.79 Å². The maximum atomic E-state index is 12.5. The molecule has 8 heteroatoms. The van der Waals surface area contributed by atoms with Crippen LogP contribution in [0.1, 0.15) is 34.3 Å². The zero-order valence-electron chi connectivity index (χ0n) is 19.0. The van der Waals surface area contributed by atoms with Crippen LogP contribution in [0.4, 0.5) is 0 Å². The van der Waals surface area contributed by atoms with Crippen molar-refractivity contribution in [3.05, 3.63) is 65.2 Å². The fourth-order valence-corrected chi connectivity index (χ4v) is 3.99. The van der Waals surface area contributed by atoms with E-state index in [0.717, 1.165) is 37.5 Å². The second-order valence-electron chi connectivity index (χ2n) is 7.65. The van der Waals surface area contributed by atoms with Gasteiger partial charge in [0.2, 0.25) is 0 Å². The molecule has 0 aromatic heterocycles. The van der Waals surface area contributed by atoms with Crippen LogP contribution in [0, 0.1) is 0 Å². The molecule has 2 N–H and O–H groups in total. The summed E-state index contributed by atoms with van der Waals surface area (Å²) in [5.41, 5.74) is 2.92. The number of rotatable bonds is 8. The van der Waals surface area contributed by atoms with E-state index in [2.05, 4.69) is 51.0 Å². The first kappa shape index (κ1) is 26.5. The number of ether oxygens (including phenoxy) is 1. The lowest BCUT2D eigenvalue weighted by molar-refractivity contribution is 0.0857. The predicted octanol–water partition coefficient (Wildman–Crippen LogP) is 4.14. The number of carbonyl (C=O) groups excluding carboxylic acids is 1. The quantitative estimate of drug-likeness (QED) is 0.217. The summed E-state index contributed by atoms with van der Waals surface area (Å²) >= 11 is 1.74. The van der Waals surface area contributed by atoms with Gasteiger partial charge in [0.1, 0.15) is 0 Å². The summed E-state index contributed by atoms with van der Waals surface area (Å²) in [6, 6.07) is 16.3. The highest BCUT2D eigenvalue weighted by molar-refractivity contribution is 14.0. The molecule has 1 fully saturated rings. The number of benzene rings is 2. The van der Waals surface area contributed by atoms with Crippen LogP contribution < -0.4 is 10.6 Å². The number of thioether (sulfide) groups is 1. The minimum absolute atomic E-state index is 0. The van der Waals surface area contributed by atoms with Gasteiger partial charge in [0.15, 0.2) is 5.96 Å². The van der Waals surface area contributed by atoms with Gasteiger partial charge < -0.3 is 20.3 Å². The summed E-state index contributed by atoms with van der Waals surface area (Å²) in [4.78, 5) is 20.2. The number of guanidine groups is 1. The molecule has 1 saturated heterocycles. The summed E-state index contributed by atoms with van der Waals surface area (Å²) in [5.74, 6) is 0.745. The van der Waals surface area contributed by atoms with Gasteiger partial charge in [0.05, 0.1) is 6.10 Å². The van der Waals surface area contributed by atoms with E-state index in [1.165, 1.54) is 10.5 Å². The number of hydrogen-bond acceptors (Lipinski definition) is 4. The highest BCUT2D eigenvalue weighted by atomic mass is 127. The van der Waals surface area contributed by atoms with Crippen molar-refractivity contribution in [3.8, 4) is 0 Å². The Kier molecular flexibility index (Phi) is 11.3. The average molecular weight is 569 g/mol. The molecule has 3 rings (SSSR count). The van der Waals surface area contributed by atoms with Gasteiger partial charge in [-0.15, -0.1) is 35.7 Å². The van der Waals surface area contributed by atoms with E-state index in [0.29, 0.717) is 18.7 Å².